The molecule has 9 heteroatoms. The Labute approximate surface area is 187 Å². The summed E-state index contributed by atoms with van der Waals surface area (Å²) in [5, 5.41) is 12.8. The number of nitro benzene ring substituents is 1. The highest BCUT2D eigenvalue weighted by molar-refractivity contribution is 7.09. The molecule has 2 heterocycles. The average Bonchev–Trinajstić information content (AvgIpc) is 3.40. The van der Waals surface area contributed by atoms with E-state index < -0.39 is 22.8 Å². The minimum atomic E-state index is -0.964. The molecule has 162 valence electrons. The number of imide groups is 1. The van der Waals surface area contributed by atoms with Crippen LogP contribution in [0.4, 0.5) is 11.4 Å². The number of non-ortho nitro benzene ring substituents is 1. The molecule has 1 aromatic heterocycles. The maximum atomic E-state index is 13.4. The smallest absolute Gasteiger partial charge is 0.269 e. The van der Waals surface area contributed by atoms with Gasteiger partial charge in [0.2, 0.25) is 5.91 Å². The Bertz CT molecular complexity index is 1170. The van der Waals surface area contributed by atoms with E-state index in [2.05, 4.69) is 0 Å². The largest absolute Gasteiger partial charge is 0.321 e. The molecule has 2 aromatic carbocycles. The summed E-state index contributed by atoms with van der Waals surface area (Å²) in [7, 11) is 0. The number of benzene rings is 2. The summed E-state index contributed by atoms with van der Waals surface area (Å²) in [5.74, 6) is -1.31. The van der Waals surface area contributed by atoms with Crippen molar-refractivity contribution in [1.82, 2.24) is 4.90 Å². The van der Waals surface area contributed by atoms with E-state index in [9.17, 15) is 24.5 Å². The van der Waals surface area contributed by atoms with Gasteiger partial charge in [-0.3, -0.25) is 24.5 Å². The number of nitro groups is 1. The number of thiophene rings is 1. The van der Waals surface area contributed by atoms with Crippen molar-refractivity contribution in [3.63, 3.8) is 0 Å². The highest BCUT2D eigenvalue weighted by atomic mass is 32.1. The summed E-state index contributed by atoms with van der Waals surface area (Å²) in [6.45, 7) is 2.06. The van der Waals surface area contributed by atoms with E-state index in [1.807, 2.05) is 36.6 Å². The fourth-order valence-electron chi connectivity index (χ4n) is 3.61. The summed E-state index contributed by atoms with van der Waals surface area (Å²) >= 11 is 1.44. The Morgan fingerprint density at radius 3 is 2.41 bits per heavy atom. The van der Waals surface area contributed by atoms with E-state index in [0.717, 1.165) is 15.3 Å². The molecule has 0 bridgehead atoms. The second kappa shape index (κ2) is 8.72. The third-order valence-corrected chi connectivity index (χ3v) is 6.14. The van der Waals surface area contributed by atoms with Gasteiger partial charge in [0.25, 0.3) is 17.5 Å². The number of hydrogen-bond acceptors (Lipinski definition) is 6. The van der Waals surface area contributed by atoms with Gasteiger partial charge in [-0.1, -0.05) is 23.8 Å². The molecule has 1 atom stereocenters. The van der Waals surface area contributed by atoms with E-state index >= 15 is 0 Å². The van der Waals surface area contributed by atoms with Gasteiger partial charge in [0.15, 0.2) is 0 Å². The van der Waals surface area contributed by atoms with Crippen LogP contribution >= 0.6 is 11.3 Å². The molecule has 1 fully saturated rings. The van der Waals surface area contributed by atoms with Crippen molar-refractivity contribution in [2.45, 2.75) is 25.9 Å². The van der Waals surface area contributed by atoms with Crippen molar-refractivity contribution >= 4 is 40.4 Å². The molecular weight excluding hydrogens is 430 g/mol. The van der Waals surface area contributed by atoms with Crippen LogP contribution < -0.4 is 4.90 Å². The lowest BCUT2D eigenvalue weighted by Gasteiger charge is -2.27. The van der Waals surface area contributed by atoms with Crippen molar-refractivity contribution in [2.24, 2.45) is 0 Å². The molecular formula is C23H19N3O5S. The van der Waals surface area contributed by atoms with Crippen molar-refractivity contribution in [3.05, 3.63) is 92.2 Å². The lowest BCUT2D eigenvalue weighted by Crippen LogP contribution is -2.45. The van der Waals surface area contributed by atoms with E-state index in [1.54, 1.807) is 12.1 Å². The summed E-state index contributed by atoms with van der Waals surface area (Å²) in [4.78, 5) is 53.1. The molecule has 3 amide bonds. The Morgan fingerprint density at radius 1 is 1.12 bits per heavy atom. The van der Waals surface area contributed by atoms with Gasteiger partial charge in [-0.05, 0) is 42.6 Å². The Hall–Kier alpha value is -3.85. The Morgan fingerprint density at radius 2 is 1.81 bits per heavy atom. The summed E-state index contributed by atoms with van der Waals surface area (Å²) in [5.41, 5.74) is 1.54. The van der Waals surface area contributed by atoms with Crippen molar-refractivity contribution in [3.8, 4) is 0 Å². The lowest BCUT2D eigenvalue weighted by molar-refractivity contribution is -0.384. The third-order valence-electron chi connectivity index (χ3n) is 5.28. The minimum Gasteiger partial charge on any atom is -0.321 e. The van der Waals surface area contributed by atoms with Crippen LogP contribution in [0.1, 0.15) is 27.2 Å². The minimum absolute atomic E-state index is 0.128. The first-order chi connectivity index (χ1) is 15.3. The maximum absolute atomic E-state index is 13.4. The van der Waals surface area contributed by atoms with Gasteiger partial charge in [-0.25, -0.2) is 4.90 Å². The molecule has 0 radical (unpaired) electrons. The molecule has 0 saturated carbocycles. The highest BCUT2D eigenvalue weighted by Crippen LogP contribution is 2.29. The molecule has 1 aliphatic heterocycles. The number of rotatable bonds is 6. The standard InChI is InChI=1S/C23H19N3O5S/c1-15-4-8-17(9-5-15)25-21(27)13-20(23(25)29)24(14-19-3-2-12-32-19)22(28)16-6-10-18(11-7-16)26(30)31/h2-12,20H,13-14H2,1H3. The summed E-state index contributed by atoms with van der Waals surface area (Å²) in [6, 6.07) is 15.0. The molecule has 1 saturated heterocycles. The predicted molar refractivity (Wildman–Crippen MR) is 119 cm³/mol. The van der Waals surface area contributed by atoms with Crippen LogP contribution in [0.2, 0.25) is 0 Å². The van der Waals surface area contributed by atoms with Gasteiger partial charge in [0.05, 0.1) is 23.6 Å². The number of carbonyl (C=O) groups is 3. The van der Waals surface area contributed by atoms with Crippen LogP contribution in [0.25, 0.3) is 0 Å². The zero-order chi connectivity index (χ0) is 22.8. The topological polar surface area (TPSA) is 101 Å². The second-order valence-corrected chi connectivity index (χ2v) is 8.47. The monoisotopic (exact) mass is 449 g/mol. The zero-order valence-corrected chi connectivity index (χ0v) is 18.0. The normalized spacial score (nSPS) is 15.8. The second-order valence-electron chi connectivity index (χ2n) is 7.44. The van der Waals surface area contributed by atoms with Crippen molar-refractivity contribution in [2.75, 3.05) is 4.90 Å². The Balaban J connectivity index is 1.66. The number of carbonyl (C=O) groups excluding carboxylic acids is 3. The number of amides is 3. The first-order valence-corrected chi connectivity index (χ1v) is 10.7. The predicted octanol–water partition coefficient (Wildman–Crippen LogP) is 3.94. The molecule has 8 nitrogen and oxygen atoms in total. The van der Waals surface area contributed by atoms with Gasteiger partial charge in [0, 0.05) is 22.6 Å². The summed E-state index contributed by atoms with van der Waals surface area (Å²) < 4.78 is 0. The van der Waals surface area contributed by atoms with Gasteiger partial charge in [-0.15, -0.1) is 11.3 Å². The van der Waals surface area contributed by atoms with Gasteiger partial charge >= 0.3 is 0 Å². The van der Waals surface area contributed by atoms with Crippen LogP contribution in [0.5, 0.6) is 0 Å². The Kier molecular flexibility index (Phi) is 5.83. The first-order valence-electron chi connectivity index (χ1n) is 9.86. The molecule has 3 aromatic rings. The fourth-order valence-corrected chi connectivity index (χ4v) is 4.31. The van der Waals surface area contributed by atoms with Crippen LogP contribution in [0, 0.1) is 17.0 Å². The van der Waals surface area contributed by atoms with E-state index in [-0.39, 0.29) is 30.1 Å². The van der Waals surface area contributed by atoms with Crippen LogP contribution in [-0.4, -0.2) is 33.6 Å². The number of hydrogen-bond donors (Lipinski definition) is 0. The van der Waals surface area contributed by atoms with Crippen molar-refractivity contribution < 1.29 is 19.3 Å². The van der Waals surface area contributed by atoms with E-state index in [4.69, 9.17) is 0 Å². The average molecular weight is 449 g/mol. The van der Waals surface area contributed by atoms with E-state index in [0.29, 0.717) is 5.69 Å². The van der Waals surface area contributed by atoms with Crippen molar-refractivity contribution in [1.29, 1.82) is 0 Å². The van der Waals surface area contributed by atoms with Crippen LogP contribution in [0.3, 0.4) is 0 Å². The maximum Gasteiger partial charge on any atom is 0.269 e. The van der Waals surface area contributed by atoms with Gasteiger partial charge < -0.3 is 4.90 Å². The third kappa shape index (κ3) is 4.15. The molecule has 0 aliphatic carbocycles. The molecule has 32 heavy (non-hydrogen) atoms. The van der Waals surface area contributed by atoms with Crippen LogP contribution in [-0.2, 0) is 16.1 Å². The first kappa shape index (κ1) is 21.4. The zero-order valence-electron chi connectivity index (χ0n) is 17.1. The quantitative estimate of drug-likeness (QED) is 0.322. The fraction of sp³-hybridized carbons (Fsp3) is 0.174. The number of nitrogens with zero attached hydrogens (tertiary/aromatic N) is 3. The van der Waals surface area contributed by atoms with Crippen LogP contribution in [0.15, 0.2) is 66.0 Å². The van der Waals surface area contributed by atoms with E-state index in [1.165, 1.54) is 40.5 Å². The van der Waals surface area contributed by atoms with Gasteiger partial charge in [0.1, 0.15) is 6.04 Å². The SMILES string of the molecule is Cc1ccc(N2C(=O)CC(N(Cc3cccs3)C(=O)c3ccc([N+](=O)[O-])cc3)C2=O)cc1. The molecule has 1 aliphatic rings. The summed E-state index contributed by atoms with van der Waals surface area (Å²) in [6.07, 6.45) is -0.128. The molecule has 0 N–H and O–H groups in total. The molecule has 0 spiro atoms. The molecule has 4 rings (SSSR count). The highest BCUT2D eigenvalue weighted by Gasteiger charge is 2.44. The number of aryl methyl sites for hydroxylation is 1. The number of anilines is 1. The molecule has 1 unspecified atom stereocenters. The van der Waals surface area contributed by atoms with Gasteiger partial charge in [-0.2, -0.15) is 0 Å². The lowest BCUT2D eigenvalue weighted by atomic mass is 10.1.